The van der Waals surface area contributed by atoms with E-state index in [9.17, 15) is 0 Å². The van der Waals surface area contributed by atoms with Crippen LogP contribution in [0.4, 0.5) is 17.5 Å². The molecule has 2 aromatic heterocycles. The average Bonchev–Trinajstić information content (AvgIpc) is 3.13. The van der Waals surface area contributed by atoms with Crippen molar-refractivity contribution in [3.05, 3.63) is 70.9 Å². The van der Waals surface area contributed by atoms with E-state index >= 15 is 0 Å². The number of nitrogens with one attached hydrogen (secondary N) is 2. The summed E-state index contributed by atoms with van der Waals surface area (Å²) in [5, 5.41) is 22.5. The van der Waals surface area contributed by atoms with Gasteiger partial charge in [0.1, 0.15) is 6.07 Å². The van der Waals surface area contributed by atoms with Gasteiger partial charge in [-0.2, -0.15) is 10.4 Å². The van der Waals surface area contributed by atoms with Crippen LogP contribution in [-0.4, -0.2) is 26.8 Å². The average molecular weight is 454 g/mol. The normalized spacial score (nSPS) is 11.0. The number of nitriles is 1. The monoisotopic (exact) mass is 453 g/mol. The zero-order valence-electron chi connectivity index (χ0n) is 18.3. The Hall–Kier alpha value is -4.15. The third kappa shape index (κ3) is 3.60. The number of hydrogen-bond donors (Lipinski definition) is 2. The van der Waals surface area contributed by atoms with E-state index in [1.807, 2.05) is 30.1 Å². The summed E-state index contributed by atoms with van der Waals surface area (Å²) in [5.41, 5.74) is 6.43. The third-order valence-electron chi connectivity index (χ3n) is 5.66. The standard InChI is InChI=1S/C25H20ClN7/c1-14-4-8-19-23(22(14)15-6-9-21-17(10-15)13-29-25(28-2)31-21)33(3)32-24(19)30-18-7-5-16(12-27)20(26)11-18/h4-11,13H,1-3H3,(H,30,32)(H,28,29,31). The Bertz CT molecular complexity index is 1580. The molecule has 7 nitrogen and oxygen atoms in total. The van der Waals surface area contributed by atoms with E-state index in [1.54, 1.807) is 19.2 Å². The maximum atomic E-state index is 9.12. The number of benzene rings is 3. The molecule has 0 atom stereocenters. The Morgan fingerprint density at radius 1 is 1.09 bits per heavy atom. The van der Waals surface area contributed by atoms with Gasteiger partial charge in [0, 0.05) is 42.3 Å². The molecule has 0 aliphatic heterocycles. The van der Waals surface area contributed by atoms with Crippen LogP contribution in [0.2, 0.25) is 5.02 Å². The summed E-state index contributed by atoms with van der Waals surface area (Å²) in [6.07, 6.45) is 1.83. The number of hydrogen-bond acceptors (Lipinski definition) is 6. The van der Waals surface area contributed by atoms with Crippen molar-refractivity contribution in [3.8, 4) is 17.2 Å². The summed E-state index contributed by atoms with van der Waals surface area (Å²) in [4.78, 5) is 8.87. The largest absolute Gasteiger partial charge is 0.357 e. The minimum Gasteiger partial charge on any atom is -0.357 e. The molecule has 0 fully saturated rings. The van der Waals surface area contributed by atoms with Crippen LogP contribution in [0.3, 0.4) is 0 Å². The highest BCUT2D eigenvalue weighted by Gasteiger charge is 2.17. The molecule has 0 amide bonds. The van der Waals surface area contributed by atoms with E-state index in [1.165, 1.54) is 0 Å². The van der Waals surface area contributed by atoms with Crippen molar-refractivity contribution in [2.75, 3.05) is 17.7 Å². The van der Waals surface area contributed by atoms with Crippen LogP contribution in [0.5, 0.6) is 0 Å². The smallest absolute Gasteiger partial charge is 0.222 e. The van der Waals surface area contributed by atoms with E-state index in [2.05, 4.69) is 57.9 Å². The molecule has 2 N–H and O–H groups in total. The zero-order valence-corrected chi connectivity index (χ0v) is 19.1. The van der Waals surface area contributed by atoms with Gasteiger partial charge in [0.25, 0.3) is 0 Å². The number of fused-ring (bicyclic) bond motifs is 2. The number of rotatable bonds is 4. The molecule has 0 radical (unpaired) electrons. The van der Waals surface area contributed by atoms with E-state index in [0.717, 1.165) is 50.0 Å². The predicted molar refractivity (Wildman–Crippen MR) is 133 cm³/mol. The van der Waals surface area contributed by atoms with Crippen LogP contribution in [0.1, 0.15) is 11.1 Å². The van der Waals surface area contributed by atoms with E-state index in [0.29, 0.717) is 16.5 Å². The molecule has 2 heterocycles. The number of aryl methyl sites for hydroxylation is 2. The van der Waals surface area contributed by atoms with Gasteiger partial charge in [0.05, 0.1) is 21.6 Å². The molecular formula is C25H20ClN7. The lowest BCUT2D eigenvalue weighted by molar-refractivity contribution is 0.801. The maximum Gasteiger partial charge on any atom is 0.222 e. The predicted octanol–water partition coefficient (Wildman–Crippen LogP) is 5.80. The van der Waals surface area contributed by atoms with Crippen molar-refractivity contribution in [1.82, 2.24) is 19.7 Å². The van der Waals surface area contributed by atoms with Crippen LogP contribution >= 0.6 is 11.6 Å². The second kappa shape index (κ2) is 8.08. The summed E-state index contributed by atoms with van der Waals surface area (Å²) in [5.74, 6) is 1.32. The Morgan fingerprint density at radius 3 is 2.70 bits per heavy atom. The van der Waals surface area contributed by atoms with Gasteiger partial charge >= 0.3 is 0 Å². The molecular weight excluding hydrogens is 434 g/mol. The highest BCUT2D eigenvalue weighted by atomic mass is 35.5. The second-order valence-electron chi connectivity index (χ2n) is 7.77. The van der Waals surface area contributed by atoms with E-state index < -0.39 is 0 Å². The molecule has 0 aliphatic rings. The van der Waals surface area contributed by atoms with Crippen LogP contribution in [-0.2, 0) is 7.05 Å². The van der Waals surface area contributed by atoms with Crippen molar-refractivity contribution in [2.45, 2.75) is 6.92 Å². The first-order valence-electron chi connectivity index (χ1n) is 10.4. The SMILES string of the molecule is CNc1ncc2cc(-c3c(C)ccc4c(Nc5ccc(C#N)c(Cl)c5)nn(C)c34)ccc2n1. The minimum atomic E-state index is 0.402. The Morgan fingerprint density at radius 2 is 1.94 bits per heavy atom. The van der Waals surface area contributed by atoms with Gasteiger partial charge in [-0.05, 0) is 54.4 Å². The molecule has 0 unspecified atom stereocenters. The van der Waals surface area contributed by atoms with E-state index in [-0.39, 0.29) is 0 Å². The topological polar surface area (TPSA) is 91.5 Å². The van der Waals surface area contributed by atoms with Crippen molar-refractivity contribution < 1.29 is 0 Å². The minimum absolute atomic E-state index is 0.402. The van der Waals surface area contributed by atoms with Gasteiger partial charge in [-0.1, -0.05) is 23.7 Å². The summed E-state index contributed by atoms with van der Waals surface area (Å²) >= 11 is 6.21. The number of anilines is 3. The number of nitrogens with zero attached hydrogens (tertiary/aromatic N) is 5. The maximum absolute atomic E-state index is 9.12. The second-order valence-corrected chi connectivity index (χ2v) is 8.18. The summed E-state index contributed by atoms with van der Waals surface area (Å²) in [6.45, 7) is 2.10. The summed E-state index contributed by atoms with van der Waals surface area (Å²) in [7, 11) is 3.74. The Labute approximate surface area is 195 Å². The van der Waals surface area contributed by atoms with Gasteiger partial charge < -0.3 is 10.6 Å². The molecule has 0 spiro atoms. The van der Waals surface area contributed by atoms with E-state index in [4.69, 9.17) is 22.0 Å². The van der Waals surface area contributed by atoms with Crippen molar-refractivity contribution in [1.29, 1.82) is 5.26 Å². The molecule has 0 bridgehead atoms. The fourth-order valence-electron chi connectivity index (χ4n) is 4.06. The molecule has 162 valence electrons. The van der Waals surface area contributed by atoms with Gasteiger partial charge in [0.15, 0.2) is 5.82 Å². The van der Waals surface area contributed by atoms with Gasteiger partial charge in [-0.3, -0.25) is 4.68 Å². The molecule has 0 aliphatic carbocycles. The number of aromatic nitrogens is 4. The van der Waals surface area contributed by atoms with Crippen molar-refractivity contribution in [3.63, 3.8) is 0 Å². The Balaban J connectivity index is 1.63. The molecule has 0 saturated carbocycles. The summed E-state index contributed by atoms with van der Waals surface area (Å²) < 4.78 is 1.88. The first-order chi connectivity index (χ1) is 16.0. The van der Waals surface area contributed by atoms with Gasteiger partial charge in [0.2, 0.25) is 5.95 Å². The fraction of sp³-hybridized carbons (Fsp3) is 0.120. The lowest BCUT2D eigenvalue weighted by Gasteiger charge is -2.11. The van der Waals surface area contributed by atoms with Crippen LogP contribution in [0.15, 0.2) is 54.7 Å². The molecule has 5 rings (SSSR count). The highest BCUT2D eigenvalue weighted by molar-refractivity contribution is 6.32. The van der Waals surface area contributed by atoms with Gasteiger partial charge in [-0.15, -0.1) is 0 Å². The van der Waals surface area contributed by atoms with Crippen molar-refractivity contribution in [2.24, 2.45) is 7.05 Å². The zero-order chi connectivity index (χ0) is 23.1. The first kappa shape index (κ1) is 20.7. The highest BCUT2D eigenvalue weighted by Crippen LogP contribution is 2.37. The first-order valence-corrected chi connectivity index (χ1v) is 10.7. The molecule has 3 aromatic carbocycles. The summed E-state index contributed by atoms with van der Waals surface area (Å²) in [6, 6.07) is 17.7. The number of halogens is 1. The van der Waals surface area contributed by atoms with Gasteiger partial charge in [-0.25, -0.2) is 9.97 Å². The van der Waals surface area contributed by atoms with Crippen LogP contribution < -0.4 is 10.6 Å². The van der Waals surface area contributed by atoms with Crippen LogP contribution in [0, 0.1) is 18.3 Å². The van der Waals surface area contributed by atoms with Crippen molar-refractivity contribution >= 4 is 50.9 Å². The third-order valence-corrected chi connectivity index (χ3v) is 5.97. The molecule has 0 saturated heterocycles. The molecule has 33 heavy (non-hydrogen) atoms. The van der Waals surface area contributed by atoms with Crippen LogP contribution in [0.25, 0.3) is 32.9 Å². The quantitative estimate of drug-likeness (QED) is 0.357. The lowest BCUT2D eigenvalue weighted by Crippen LogP contribution is -1.97. The molecule has 8 heteroatoms. The molecule has 5 aromatic rings. The lowest BCUT2D eigenvalue weighted by atomic mass is 9.96. The Kier molecular flexibility index (Phi) is 5.08. The fourth-order valence-corrected chi connectivity index (χ4v) is 4.28.